The first-order valence-corrected chi connectivity index (χ1v) is 7.67. The Morgan fingerprint density at radius 1 is 1.08 bits per heavy atom. The van der Waals surface area contributed by atoms with Crippen LogP contribution in [0.1, 0.15) is 5.56 Å². The molecule has 0 aliphatic carbocycles. The molecule has 124 valence electrons. The highest BCUT2D eigenvalue weighted by molar-refractivity contribution is 5.91. The van der Waals surface area contributed by atoms with Gasteiger partial charge in [-0.25, -0.2) is 4.79 Å². The van der Waals surface area contributed by atoms with Crippen LogP contribution in [-0.2, 0) is 0 Å². The van der Waals surface area contributed by atoms with Gasteiger partial charge in [0, 0.05) is 23.1 Å². The highest BCUT2D eigenvalue weighted by Crippen LogP contribution is 2.30. The topological polar surface area (TPSA) is 78.4 Å². The van der Waals surface area contributed by atoms with Gasteiger partial charge in [-0.05, 0) is 25.1 Å². The first-order chi connectivity index (χ1) is 12.1. The molecule has 6 heteroatoms. The van der Waals surface area contributed by atoms with Crippen molar-refractivity contribution in [3.05, 3.63) is 64.5 Å². The van der Waals surface area contributed by atoms with Crippen LogP contribution in [0.2, 0.25) is 0 Å². The van der Waals surface area contributed by atoms with E-state index in [2.05, 4.69) is 10.1 Å². The normalized spacial score (nSPS) is 11.0. The molecule has 2 aromatic carbocycles. The molecule has 0 saturated carbocycles. The van der Waals surface area contributed by atoms with Gasteiger partial charge >= 0.3 is 5.63 Å². The lowest BCUT2D eigenvalue weighted by Crippen LogP contribution is -1.98. The largest absolute Gasteiger partial charge is 0.497 e. The van der Waals surface area contributed by atoms with Crippen molar-refractivity contribution in [2.75, 3.05) is 7.11 Å². The van der Waals surface area contributed by atoms with E-state index in [1.54, 1.807) is 25.3 Å². The van der Waals surface area contributed by atoms with Gasteiger partial charge in [-0.15, -0.1) is 0 Å². The molecular weight excluding hydrogens is 320 g/mol. The van der Waals surface area contributed by atoms with Crippen molar-refractivity contribution in [1.29, 1.82) is 0 Å². The monoisotopic (exact) mass is 334 g/mol. The summed E-state index contributed by atoms with van der Waals surface area (Å²) in [5, 5.41) is 4.72. The lowest BCUT2D eigenvalue weighted by molar-refractivity contribution is 0.414. The van der Waals surface area contributed by atoms with Gasteiger partial charge in [-0.3, -0.25) is 0 Å². The third-order valence-corrected chi connectivity index (χ3v) is 3.88. The van der Waals surface area contributed by atoms with Crippen molar-refractivity contribution >= 4 is 11.0 Å². The lowest BCUT2D eigenvalue weighted by Gasteiger charge is -2.03. The maximum absolute atomic E-state index is 11.9. The van der Waals surface area contributed by atoms with E-state index in [0.29, 0.717) is 28.1 Å². The van der Waals surface area contributed by atoms with Gasteiger partial charge in [0.05, 0.1) is 12.7 Å². The Kier molecular flexibility index (Phi) is 3.57. The Morgan fingerprint density at radius 2 is 1.96 bits per heavy atom. The predicted molar refractivity (Wildman–Crippen MR) is 92.5 cm³/mol. The maximum Gasteiger partial charge on any atom is 0.337 e. The third-order valence-electron chi connectivity index (χ3n) is 3.88. The second-order valence-corrected chi connectivity index (χ2v) is 5.63. The second kappa shape index (κ2) is 5.90. The zero-order valence-corrected chi connectivity index (χ0v) is 13.6. The summed E-state index contributed by atoms with van der Waals surface area (Å²) in [4.78, 5) is 16.3. The van der Waals surface area contributed by atoms with Crippen molar-refractivity contribution in [2.45, 2.75) is 6.92 Å². The van der Waals surface area contributed by atoms with Crippen LogP contribution < -0.4 is 10.4 Å². The summed E-state index contributed by atoms with van der Waals surface area (Å²) in [6.45, 7) is 1.99. The van der Waals surface area contributed by atoms with Crippen LogP contribution in [0.25, 0.3) is 33.8 Å². The molecular formula is C19H14N2O4. The average Bonchev–Trinajstić information content (AvgIpc) is 3.10. The quantitative estimate of drug-likeness (QED) is 0.530. The predicted octanol–water partition coefficient (Wildman–Crippen LogP) is 3.83. The van der Waals surface area contributed by atoms with E-state index in [4.69, 9.17) is 13.7 Å². The number of aromatic nitrogens is 2. The summed E-state index contributed by atoms with van der Waals surface area (Å²) in [6, 6.07) is 14.4. The summed E-state index contributed by atoms with van der Waals surface area (Å²) in [5.74, 6) is 1.33. The smallest absolute Gasteiger partial charge is 0.337 e. The molecule has 0 aliphatic rings. The van der Waals surface area contributed by atoms with Gasteiger partial charge in [0.25, 0.3) is 5.89 Å². The number of hydrogen-bond donors (Lipinski definition) is 0. The molecule has 0 aliphatic heterocycles. The Balaban J connectivity index is 1.86. The Morgan fingerprint density at radius 3 is 2.76 bits per heavy atom. The SMILES string of the molecule is COc1ccc2c(-c3nc(-c4cccc(C)c4)no3)cc(=O)oc2c1. The number of aryl methyl sites for hydroxylation is 1. The zero-order valence-electron chi connectivity index (χ0n) is 13.6. The van der Waals surface area contributed by atoms with Crippen LogP contribution in [-0.4, -0.2) is 17.3 Å². The van der Waals surface area contributed by atoms with Crippen LogP contribution in [0.3, 0.4) is 0 Å². The fraction of sp³-hybridized carbons (Fsp3) is 0.105. The van der Waals surface area contributed by atoms with E-state index < -0.39 is 5.63 Å². The highest BCUT2D eigenvalue weighted by Gasteiger charge is 2.16. The van der Waals surface area contributed by atoms with E-state index >= 15 is 0 Å². The molecule has 0 N–H and O–H groups in total. The zero-order chi connectivity index (χ0) is 17.4. The third kappa shape index (κ3) is 2.78. The molecule has 0 atom stereocenters. The fourth-order valence-corrected chi connectivity index (χ4v) is 2.68. The lowest BCUT2D eigenvalue weighted by atomic mass is 10.1. The first kappa shape index (κ1) is 15.1. The number of hydrogen-bond acceptors (Lipinski definition) is 6. The number of rotatable bonds is 3. The molecule has 0 amide bonds. The fourth-order valence-electron chi connectivity index (χ4n) is 2.68. The van der Waals surface area contributed by atoms with Crippen molar-refractivity contribution in [3.63, 3.8) is 0 Å². The molecule has 25 heavy (non-hydrogen) atoms. The van der Waals surface area contributed by atoms with Crippen LogP contribution in [0.5, 0.6) is 5.75 Å². The van der Waals surface area contributed by atoms with Crippen LogP contribution >= 0.6 is 0 Å². The van der Waals surface area contributed by atoms with Crippen LogP contribution in [0.15, 0.2) is 62.3 Å². The minimum Gasteiger partial charge on any atom is -0.497 e. The van der Waals surface area contributed by atoms with Crippen LogP contribution in [0.4, 0.5) is 0 Å². The molecule has 0 radical (unpaired) electrons. The molecule has 0 saturated heterocycles. The Hall–Kier alpha value is -3.41. The summed E-state index contributed by atoms with van der Waals surface area (Å²) in [7, 11) is 1.55. The van der Waals surface area contributed by atoms with Crippen LogP contribution in [0, 0.1) is 6.92 Å². The molecule has 6 nitrogen and oxygen atoms in total. The van der Waals surface area contributed by atoms with E-state index in [1.165, 1.54) is 6.07 Å². The summed E-state index contributed by atoms with van der Waals surface area (Å²) >= 11 is 0. The summed E-state index contributed by atoms with van der Waals surface area (Å²) in [6.07, 6.45) is 0. The molecule has 0 spiro atoms. The first-order valence-electron chi connectivity index (χ1n) is 7.67. The molecule has 2 heterocycles. The molecule has 4 aromatic rings. The van der Waals surface area contributed by atoms with Gasteiger partial charge in [0.15, 0.2) is 0 Å². The number of ether oxygens (including phenoxy) is 1. The minimum atomic E-state index is -0.494. The van der Waals surface area contributed by atoms with E-state index in [-0.39, 0.29) is 5.89 Å². The van der Waals surface area contributed by atoms with E-state index in [0.717, 1.165) is 11.1 Å². The van der Waals surface area contributed by atoms with Gasteiger partial charge in [0.1, 0.15) is 11.3 Å². The van der Waals surface area contributed by atoms with Gasteiger partial charge in [-0.2, -0.15) is 4.98 Å². The van der Waals surface area contributed by atoms with Gasteiger partial charge < -0.3 is 13.7 Å². The second-order valence-electron chi connectivity index (χ2n) is 5.63. The van der Waals surface area contributed by atoms with E-state index in [1.807, 2.05) is 31.2 Å². The molecule has 0 bridgehead atoms. The van der Waals surface area contributed by atoms with Gasteiger partial charge in [-0.1, -0.05) is 28.9 Å². The standard InChI is InChI=1S/C19H14N2O4/c1-11-4-3-5-12(8-11)18-20-19(25-21-18)15-10-17(22)24-16-9-13(23-2)6-7-14(15)16/h3-10H,1-2H3. The number of fused-ring (bicyclic) bond motifs is 1. The molecule has 4 rings (SSSR count). The Labute approximate surface area is 142 Å². The number of methoxy groups -OCH3 is 1. The van der Waals surface area contributed by atoms with E-state index in [9.17, 15) is 4.79 Å². The van der Waals surface area contributed by atoms with Crippen molar-refractivity contribution in [2.24, 2.45) is 0 Å². The van der Waals surface area contributed by atoms with Crippen molar-refractivity contribution in [1.82, 2.24) is 10.1 Å². The molecule has 0 fully saturated rings. The highest BCUT2D eigenvalue weighted by atomic mass is 16.5. The van der Waals surface area contributed by atoms with Gasteiger partial charge in [0.2, 0.25) is 5.82 Å². The number of nitrogens with zero attached hydrogens (tertiary/aromatic N) is 2. The maximum atomic E-state index is 11.9. The summed E-state index contributed by atoms with van der Waals surface area (Å²) < 4.78 is 15.8. The molecule has 0 unspecified atom stereocenters. The molecule has 2 aromatic heterocycles. The minimum absolute atomic E-state index is 0.263. The van der Waals surface area contributed by atoms with Crippen molar-refractivity contribution in [3.8, 4) is 28.6 Å². The Bertz CT molecular complexity index is 1130. The van der Waals surface area contributed by atoms with Crippen molar-refractivity contribution < 1.29 is 13.7 Å². The summed E-state index contributed by atoms with van der Waals surface area (Å²) in [5.41, 5.74) is 2.38. The average molecular weight is 334 g/mol. The number of benzene rings is 2.